The SMILES string of the molecule is c1cc(-c2ccc3c(c2)c2ccccc2n3-c2ccc3c4ccccc4c4ccccc4c3c2)nc(-c2cccc3c2oc2ccccc23)c1. The molecule has 0 fully saturated rings. The number of hydrogen-bond acceptors (Lipinski definition) is 2. The minimum Gasteiger partial charge on any atom is -0.455 e. The molecule has 0 aliphatic heterocycles. The number of para-hydroxylation sites is 3. The molecule has 3 heterocycles. The molecule has 232 valence electrons. The second kappa shape index (κ2) is 10.4. The summed E-state index contributed by atoms with van der Waals surface area (Å²) in [5, 5.41) is 12.3. The molecule has 3 nitrogen and oxygen atoms in total. The van der Waals surface area contributed by atoms with Crippen LogP contribution in [0, 0.1) is 0 Å². The van der Waals surface area contributed by atoms with Gasteiger partial charge in [-0.3, -0.25) is 0 Å². The van der Waals surface area contributed by atoms with E-state index in [0.717, 1.165) is 50.1 Å². The average Bonchev–Trinajstić information content (AvgIpc) is 3.73. The Morgan fingerprint density at radius 3 is 1.78 bits per heavy atom. The van der Waals surface area contributed by atoms with Gasteiger partial charge in [0.15, 0.2) is 0 Å². The number of pyridine rings is 1. The smallest absolute Gasteiger partial charge is 0.144 e. The number of aromatic nitrogens is 2. The first kappa shape index (κ1) is 27.3. The highest BCUT2D eigenvalue weighted by atomic mass is 16.3. The Kier molecular flexibility index (Phi) is 5.67. The van der Waals surface area contributed by atoms with Crippen molar-refractivity contribution in [2.24, 2.45) is 0 Å². The first-order chi connectivity index (χ1) is 24.8. The van der Waals surface area contributed by atoms with E-state index in [0.29, 0.717) is 0 Å². The van der Waals surface area contributed by atoms with Crippen molar-refractivity contribution in [1.82, 2.24) is 9.55 Å². The normalized spacial score (nSPS) is 12.0. The van der Waals surface area contributed by atoms with E-state index in [4.69, 9.17) is 9.40 Å². The van der Waals surface area contributed by atoms with Crippen LogP contribution in [0.15, 0.2) is 174 Å². The van der Waals surface area contributed by atoms with Gasteiger partial charge in [0, 0.05) is 38.4 Å². The third kappa shape index (κ3) is 3.89. The first-order valence-electron chi connectivity index (χ1n) is 17.0. The van der Waals surface area contributed by atoms with E-state index in [1.54, 1.807) is 0 Å². The van der Waals surface area contributed by atoms with Gasteiger partial charge in [-0.25, -0.2) is 4.98 Å². The van der Waals surface area contributed by atoms with Gasteiger partial charge in [-0.1, -0.05) is 115 Å². The molecule has 0 unspecified atom stereocenters. The molecule has 0 amide bonds. The maximum absolute atomic E-state index is 6.36. The van der Waals surface area contributed by atoms with Crippen molar-refractivity contribution >= 4 is 76.1 Å². The Morgan fingerprint density at radius 2 is 0.980 bits per heavy atom. The summed E-state index contributed by atoms with van der Waals surface area (Å²) in [5.74, 6) is 0. The maximum Gasteiger partial charge on any atom is 0.144 e. The van der Waals surface area contributed by atoms with Crippen LogP contribution < -0.4 is 0 Å². The van der Waals surface area contributed by atoms with Crippen molar-refractivity contribution in [3.63, 3.8) is 0 Å². The van der Waals surface area contributed by atoms with E-state index in [9.17, 15) is 0 Å². The van der Waals surface area contributed by atoms with Gasteiger partial charge in [-0.15, -0.1) is 0 Å². The molecule has 0 saturated carbocycles. The van der Waals surface area contributed by atoms with Crippen molar-refractivity contribution < 1.29 is 4.42 Å². The highest BCUT2D eigenvalue weighted by Crippen LogP contribution is 2.40. The molecule has 0 aliphatic rings. The number of hydrogen-bond donors (Lipinski definition) is 0. The summed E-state index contributed by atoms with van der Waals surface area (Å²) in [6, 6.07) is 60.7. The second-order valence-electron chi connectivity index (χ2n) is 13.1. The fourth-order valence-corrected chi connectivity index (χ4v) is 8.14. The van der Waals surface area contributed by atoms with E-state index in [1.165, 1.54) is 54.1 Å². The number of nitrogens with zero attached hydrogens (tertiary/aromatic N) is 2. The fraction of sp³-hybridized carbons (Fsp3) is 0. The zero-order valence-corrected chi connectivity index (χ0v) is 27.0. The quantitative estimate of drug-likeness (QED) is 0.181. The number of fused-ring (bicyclic) bond motifs is 12. The number of furan rings is 1. The summed E-state index contributed by atoms with van der Waals surface area (Å²) < 4.78 is 8.77. The van der Waals surface area contributed by atoms with Crippen LogP contribution in [0.3, 0.4) is 0 Å². The van der Waals surface area contributed by atoms with Gasteiger partial charge in [0.2, 0.25) is 0 Å². The van der Waals surface area contributed by atoms with E-state index in [-0.39, 0.29) is 0 Å². The number of rotatable bonds is 3. The van der Waals surface area contributed by atoms with Crippen LogP contribution in [-0.4, -0.2) is 9.55 Å². The first-order valence-corrected chi connectivity index (χ1v) is 17.0. The lowest BCUT2D eigenvalue weighted by molar-refractivity contribution is 0.670. The molecule has 0 atom stereocenters. The second-order valence-corrected chi connectivity index (χ2v) is 13.1. The van der Waals surface area contributed by atoms with Gasteiger partial charge >= 0.3 is 0 Å². The summed E-state index contributed by atoms with van der Waals surface area (Å²) in [4.78, 5) is 5.21. The van der Waals surface area contributed by atoms with Crippen LogP contribution in [0.2, 0.25) is 0 Å². The van der Waals surface area contributed by atoms with Gasteiger partial charge in [-0.05, 0) is 86.9 Å². The lowest BCUT2D eigenvalue weighted by Crippen LogP contribution is -1.94. The highest BCUT2D eigenvalue weighted by Gasteiger charge is 2.17. The molecule has 0 bridgehead atoms. The largest absolute Gasteiger partial charge is 0.455 e. The molecular weight excluding hydrogens is 609 g/mol. The number of benzene rings is 8. The van der Waals surface area contributed by atoms with Gasteiger partial charge < -0.3 is 8.98 Å². The fourth-order valence-electron chi connectivity index (χ4n) is 8.14. The molecule has 3 aromatic heterocycles. The predicted octanol–water partition coefficient (Wildman–Crippen LogP) is 12.9. The molecule has 11 aromatic rings. The zero-order valence-electron chi connectivity index (χ0n) is 27.0. The van der Waals surface area contributed by atoms with Crippen LogP contribution in [0.5, 0.6) is 0 Å². The molecule has 8 aromatic carbocycles. The summed E-state index contributed by atoms with van der Waals surface area (Å²) in [6.07, 6.45) is 0. The third-order valence-corrected chi connectivity index (χ3v) is 10.4. The predicted molar refractivity (Wildman–Crippen MR) is 209 cm³/mol. The van der Waals surface area contributed by atoms with Crippen molar-refractivity contribution in [3.8, 4) is 28.2 Å². The minimum absolute atomic E-state index is 0.869. The molecule has 3 heteroatoms. The van der Waals surface area contributed by atoms with E-state index < -0.39 is 0 Å². The van der Waals surface area contributed by atoms with Crippen LogP contribution in [-0.2, 0) is 0 Å². The summed E-state index contributed by atoms with van der Waals surface area (Å²) in [7, 11) is 0. The third-order valence-electron chi connectivity index (χ3n) is 10.4. The van der Waals surface area contributed by atoms with Crippen LogP contribution in [0.25, 0.3) is 104 Å². The van der Waals surface area contributed by atoms with E-state index >= 15 is 0 Å². The van der Waals surface area contributed by atoms with Crippen LogP contribution >= 0.6 is 0 Å². The summed E-state index contributed by atoms with van der Waals surface area (Å²) >= 11 is 0. The molecule has 11 rings (SSSR count). The molecule has 0 radical (unpaired) electrons. The Bertz CT molecular complexity index is 3130. The van der Waals surface area contributed by atoms with E-state index in [1.807, 2.05) is 12.1 Å². The topological polar surface area (TPSA) is 31.0 Å². The molecular formula is C47H28N2O. The van der Waals surface area contributed by atoms with Gasteiger partial charge in [0.1, 0.15) is 11.2 Å². The van der Waals surface area contributed by atoms with Crippen molar-refractivity contribution in [2.45, 2.75) is 0 Å². The van der Waals surface area contributed by atoms with E-state index in [2.05, 4.69) is 162 Å². The Hall–Kier alpha value is -6.71. The monoisotopic (exact) mass is 636 g/mol. The Balaban J connectivity index is 1.09. The average molecular weight is 637 g/mol. The summed E-state index contributed by atoms with van der Waals surface area (Å²) in [6.45, 7) is 0. The maximum atomic E-state index is 6.36. The zero-order chi connectivity index (χ0) is 32.8. The van der Waals surface area contributed by atoms with Gasteiger partial charge in [0.25, 0.3) is 0 Å². The lowest BCUT2D eigenvalue weighted by Gasteiger charge is -2.14. The summed E-state index contributed by atoms with van der Waals surface area (Å²) in [5.41, 5.74) is 9.16. The standard InChI is InChI=1S/C47H28N2O/c1-2-13-33-31(11-1)32-12-3-4-14-34(32)40-28-30(24-25-35(33)40)49-44-21-7-5-15-36(44)41-27-29(23-26-45(41)49)42-19-10-20-43(48-42)39-18-9-17-38-37-16-6-8-22-46(37)50-47(38)39/h1-28H. The molecule has 0 spiro atoms. The van der Waals surface area contributed by atoms with Crippen molar-refractivity contribution in [1.29, 1.82) is 0 Å². The highest BCUT2D eigenvalue weighted by molar-refractivity contribution is 6.25. The van der Waals surface area contributed by atoms with Gasteiger partial charge in [0.05, 0.1) is 22.4 Å². The van der Waals surface area contributed by atoms with Crippen molar-refractivity contribution in [2.75, 3.05) is 0 Å². The molecule has 50 heavy (non-hydrogen) atoms. The van der Waals surface area contributed by atoms with Crippen molar-refractivity contribution in [3.05, 3.63) is 170 Å². The molecule has 0 aliphatic carbocycles. The van der Waals surface area contributed by atoms with Gasteiger partial charge in [-0.2, -0.15) is 0 Å². The lowest BCUT2D eigenvalue weighted by atomic mass is 9.94. The Labute approximate surface area is 287 Å². The van der Waals surface area contributed by atoms with Crippen LogP contribution in [0.1, 0.15) is 0 Å². The Morgan fingerprint density at radius 1 is 0.380 bits per heavy atom. The molecule has 0 N–H and O–H groups in total. The van der Waals surface area contributed by atoms with Crippen LogP contribution in [0.4, 0.5) is 0 Å². The molecule has 0 saturated heterocycles. The minimum atomic E-state index is 0.869.